The van der Waals surface area contributed by atoms with Gasteiger partial charge in [0.15, 0.2) is 10.8 Å². The number of anilines is 1. The molecule has 4 rings (SSSR count). The van der Waals surface area contributed by atoms with Crippen LogP contribution in [0.25, 0.3) is 11.0 Å². The van der Waals surface area contributed by atoms with E-state index in [1.165, 1.54) is 31.0 Å². The second kappa shape index (κ2) is 9.67. The van der Waals surface area contributed by atoms with Crippen LogP contribution in [0.2, 0.25) is 0 Å². The summed E-state index contributed by atoms with van der Waals surface area (Å²) in [4.78, 5) is 24.1. The second-order valence-electron chi connectivity index (χ2n) is 7.84. The van der Waals surface area contributed by atoms with Crippen LogP contribution in [0.4, 0.5) is 5.82 Å². The van der Waals surface area contributed by atoms with E-state index in [9.17, 15) is 4.79 Å². The molecule has 0 saturated carbocycles. The van der Waals surface area contributed by atoms with Crippen LogP contribution in [0, 0.1) is 13.8 Å². The molecule has 0 radical (unpaired) electrons. The molecule has 1 N–H and O–H groups in total. The lowest BCUT2D eigenvalue weighted by Crippen LogP contribution is -2.30. The number of aromatic nitrogens is 5. The van der Waals surface area contributed by atoms with E-state index in [2.05, 4.69) is 20.5 Å². The zero-order valence-corrected chi connectivity index (χ0v) is 19.2. The van der Waals surface area contributed by atoms with Gasteiger partial charge in [0, 0.05) is 31.6 Å². The number of carbonyl (C=O) groups excluding carboxylic acids is 1. The number of rotatable bonds is 8. The smallest absolute Gasteiger partial charge is 0.220 e. The van der Waals surface area contributed by atoms with E-state index >= 15 is 0 Å². The van der Waals surface area contributed by atoms with Crippen molar-refractivity contribution < 1.29 is 9.32 Å². The van der Waals surface area contributed by atoms with Gasteiger partial charge in [0.1, 0.15) is 11.6 Å². The maximum absolute atomic E-state index is 12.3. The normalized spacial score (nSPS) is 14.4. The number of thioether (sulfide) groups is 1. The number of carbonyl (C=O) groups is 1. The Morgan fingerprint density at radius 1 is 1.23 bits per heavy atom. The summed E-state index contributed by atoms with van der Waals surface area (Å²) in [5.41, 5.74) is 2.69. The maximum atomic E-state index is 12.3. The Labute approximate surface area is 186 Å². The molecule has 10 heteroatoms. The first-order valence-electron chi connectivity index (χ1n) is 10.8. The van der Waals surface area contributed by atoms with Crippen LogP contribution < -0.4 is 10.2 Å². The SMILES string of the molecule is CSc1nc(N2CCCCC2)c2cnn(CCNC(=O)CCc3c(C)noc3C)c2n1. The van der Waals surface area contributed by atoms with Crippen molar-refractivity contribution in [3.8, 4) is 0 Å². The number of aryl methyl sites for hydroxylation is 2. The number of fused-ring (bicyclic) bond motifs is 1. The Kier molecular flexibility index (Phi) is 6.74. The van der Waals surface area contributed by atoms with Gasteiger partial charge in [0.25, 0.3) is 0 Å². The first-order chi connectivity index (χ1) is 15.1. The Morgan fingerprint density at radius 3 is 2.74 bits per heavy atom. The molecular weight excluding hydrogens is 414 g/mol. The summed E-state index contributed by atoms with van der Waals surface area (Å²) in [6.07, 6.45) is 8.52. The summed E-state index contributed by atoms with van der Waals surface area (Å²) in [7, 11) is 0. The van der Waals surface area contributed by atoms with Gasteiger partial charge >= 0.3 is 0 Å². The Hall–Kier alpha value is -2.62. The van der Waals surface area contributed by atoms with Crippen molar-refractivity contribution in [2.45, 2.75) is 57.7 Å². The lowest BCUT2D eigenvalue weighted by atomic mass is 10.1. The fraction of sp³-hybridized carbons (Fsp3) is 0.571. The molecule has 0 aliphatic carbocycles. The van der Waals surface area contributed by atoms with E-state index in [-0.39, 0.29) is 5.91 Å². The maximum Gasteiger partial charge on any atom is 0.220 e. The number of nitrogens with zero attached hydrogens (tertiary/aromatic N) is 6. The highest BCUT2D eigenvalue weighted by atomic mass is 32.2. The predicted octanol–water partition coefficient (Wildman–Crippen LogP) is 2.89. The molecule has 3 aromatic heterocycles. The first-order valence-corrected chi connectivity index (χ1v) is 12.0. The lowest BCUT2D eigenvalue weighted by Gasteiger charge is -2.28. The minimum Gasteiger partial charge on any atom is -0.361 e. The van der Waals surface area contributed by atoms with Crippen molar-refractivity contribution in [3.63, 3.8) is 0 Å². The molecule has 1 fully saturated rings. The Bertz CT molecular complexity index is 1040. The molecule has 0 bridgehead atoms. The average Bonchev–Trinajstić information content (AvgIpc) is 3.34. The molecule has 9 nitrogen and oxygen atoms in total. The molecule has 1 aliphatic rings. The third-order valence-electron chi connectivity index (χ3n) is 5.72. The van der Waals surface area contributed by atoms with Gasteiger partial charge in [-0.05, 0) is 45.8 Å². The van der Waals surface area contributed by atoms with Gasteiger partial charge in [-0.2, -0.15) is 5.10 Å². The fourth-order valence-electron chi connectivity index (χ4n) is 4.01. The van der Waals surface area contributed by atoms with Crippen molar-refractivity contribution in [2.24, 2.45) is 0 Å². The van der Waals surface area contributed by atoms with Crippen LogP contribution in [0.3, 0.4) is 0 Å². The van der Waals surface area contributed by atoms with Crippen LogP contribution in [0.1, 0.15) is 42.7 Å². The third kappa shape index (κ3) is 4.84. The molecule has 31 heavy (non-hydrogen) atoms. The predicted molar refractivity (Wildman–Crippen MR) is 120 cm³/mol. The molecule has 0 aromatic carbocycles. The molecule has 1 amide bonds. The summed E-state index contributed by atoms with van der Waals surface area (Å²) in [6.45, 7) is 6.87. The lowest BCUT2D eigenvalue weighted by molar-refractivity contribution is -0.121. The molecule has 4 heterocycles. The van der Waals surface area contributed by atoms with E-state index in [1.54, 1.807) is 0 Å². The number of nitrogens with one attached hydrogen (secondary N) is 1. The molecule has 0 atom stereocenters. The summed E-state index contributed by atoms with van der Waals surface area (Å²) in [5, 5.41) is 13.2. The monoisotopic (exact) mass is 443 g/mol. The number of hydrogen-bond acceptors (Lipinski definition) is 8. The fourth-order valence-corrected chi connectivity index (χ4v) is 4.37. The van der Waals surface area contributed by atoms with Crippen LogP contribution in [0.5, 0.6) is 0 Å². The van der Waals surface area contributed by atoms with Crippen LogP contribution in [-0.4, -0.2) is 56.7 Å². The van der Waals surface area contributed by atoms with Crippen molar-refractivity contribution in [3.05, 3.63) is 23.2 Å². The molecule has 3 aromatic rings. The zero-order valence-electron chi connectivity index (χ0n) is 18.3. The summed E-state index contributed by atoms with van der Waals surface area (Å²) < 4.78 is 7.02. The average molecular weight is 444 g/mol. The van der Waals surface area contributed by atoms with Crippen molar-refractivity contribution in [1.29, 1.82) is 0 Å². The number of amides is 1. The van der Waals surface area contributed by atoms with Gasteiger partial charge in [0.05, 0.1) is 23.8 Å². The molecule has 166 valence electrons. The van der Waals surface area contributed by atoms with Crippen LogP contribution in [-0.2, 0) is 17.8 Å². The molecule has 1 aliphatic heterocycles. The molecule has 0 spiro atoms. The van der Waals surface area contributed by atoms with Crippen molar-refractivity contribution in [2.75, 3.05) is 30.8 Å². The second-order valence-corrected chi connectivity index (χ2v) is 8.61. The first kappa shape index (κ1) is 21.6. The molecule has 0 unspecified atom stereocenters. The number of hydrogen-bond donors (Lipinski definition) is 1. The summed E-state index contributed by atoms with van der Waals surface area (Å²) in [6, 6.07) is 0. The molecular formula is C21H29N7O2S. The number of piperidine rings is 1. The third-order valence-corrected chi connectivity index (χ3v) is 6.27. The summed E-state index contributed by atoms with van der Waals surface area (Å²) in [5.74, 6) is 1.76. The van der Waals surface area contributed by atoms with Crippen molar-refractivity contribution >= 4 is 34.5 Å². The highest BCUT2D eigenvalue weighted by Gasteiger charge is 2.19. The van der Waals surface area contributed by atoms with E-state index in [0.717, 1.165) is 52.1 Å². The van der Waals surface area contributed by atoms with Crippen LogP contribution >= 0.6 is 11.8 Å². The minimum atomic E-state index is 0.00453. The van der Waals surface area contributed by atoms with Crippen LogP contribution in [0.15, 0.2) is 15.9 Å². The Morgan fingerprint density at radius 2 is 2.03 bits per heavy atom. The van der Waals surface area contributed by atoms with E-state index < -0.39 is 0 Å². The highest BCUT2D eigenvalue weighted by molar-refractivity contribution is 7.98. The topological polar surface area (TPSA) is 102 Å². The van der Waals surface area contributed by atoms with E-state index in [1.807, 2.05) is 31.0 Å². The van der Waals surface area contributed by atoms with Gasteiger partial charge in [-0.15, -0.1) is 0 Å². The molecule has 1 saturated heterocycles. The van der Waals surface area contributed by atoms with Gasteiger partial charge in [-0.3, -0.25) is 4.79 Å². The zero-order chi connectivity index (χ0) is 21.8. The Balaban J connectivity index is 1.40. The highest BCUT2D eigenvalue weighted by Crippen LogP contribution is 2.28. The van der Waals surface area contributed by atoms with Gasteiger partial charge in [-0.25, -0.2) is 14.6 Å². The van der Waals surface area contributed by atoms with Gasteiger partial charge in [-0.1, -0.05) is 16.9 Å². The minimum absolute atomic E-state index is 0.00453. The van der Waals surface area contributed by atoms with Crippen molar-refractivity contribution in [1.82, 2.24) is 30.2 Å². The summed E-state index contributed by atoms with van der Waals surface area (Å²) >= 11 is 1.54. The van der Waals surface area contributed by atoms with E-state index in [0.29, 0.717) is 25.9 Å². The van der Waals surface area contributed by atoms with Gasteiger partial charge in [0.2, 0.25) is 5.91 Å². The standard InChI is InChI=1S/C21H29N7O2S/c1-14-16(15(2)30-26-14)7-8-18(29)22-9-12-28-20-17(13-23-28)19(24-21(25-20)31-3)27-10-5-4-6-11-27/h13H,4-12H2,1-3H3,(H,22,29). The quantitative estimate of drug-likeness (QED) is 0.419. The van der Waals surface area contributed by atoms with Gasteiger partial charge < -0.3 is 14.7 Å². The largest absolute Gasteiger partial charge is 0.361 e. The van der Waals surface area contributed by atoms with E-state index in [4.69, 9.17) is 14.5 Å².